The Kier molecular flexibility index (Phi) is 11.8. The second-order valence-corrected chi connectivity index (χ2v) is 16.8. The Bertz CT molecular complexity index is 3900. The van der Waals surface area contributed by atoms with Gasteiger partial charge in [-0.2, -0.15) is 0 Å². The van der Waals surface area contributed by atoms with Gasteiger partial charge < -0.3 is 4.42 Å². The molecule has 0 amide bonds. The van der Waals surface area contributed by atoms with E-state index in [-0.39, 0.29) is 181 Å². The average molecular weight is 838 g/mol. The molecular weight excluding hydrogens is 828 g/mol. The van der Waals surface area contributed by atoms with Crippen LogP contribution in [0.15, 0.2) is 65.1 Å². The molecule has 23 heteroatoms. The number of hydrogen-bond acceptors (Lipinski definition) is 4. The van der Waals surface area contributed by atoms with Crippen LogP contribution in [0, 0.1) is 0 Å². The molecule has 8 aromatic carbocycles. The van der Waals surface area contributed by atoms with Crippen molar-refractivity contribution in [2.75, 3.05) is 0 Å². The van der Waals surface area contributed by atoms with E-state index in [1.54, 1.807) is 0 Å². The lowest BCUT2D eigenvalue weighted by atomic mass is 9.56. The van der Waals surface area contributed by atoms with Crippen LogP contribution < -0.4 is 104 Å². The maximum atomic E-state index is 7.27. The van der Waals surface area contributed by atoms with Gasteiger partial charge in [-0.1, -0.05) is 132 Å². The highest BCUT2D eigenvalue weighted by Crippen LogP contribution is 2.39. The van der Waals surface area contributed by atoms with Crippen molar-refractivity contribution in [2.45, 2.75) is 0 Å². The van der Waals surface area contributed by atoms with Crippen LogP contribution in [0.25, 0.3) is 99.9 Å². The molecule has 0 unspecified atom stereocenters. The lowest BCUT2D eigenvalue weighted by molar-refractivity contribution is 0.673. The molecule has 10 rings (SSSR count). The SMILES string of the molecule is [B]c1c([B])c(-c2c([B])c([B])c(-c3nc(-c4ccccc4)nc(-c4ccccc4)n3)c3oc4c([B])c5c([B])c([B])c([B])c([B])c5c([B])c4c23)c([B])c([B])c1-c1c([B])c([B])c([B])c2c([B])c([B])c([B])c([B])c12. The van der Waals surface area contributed by atoms with Crippen molar-refractivity contribution in [1.82, 2.24) is 15.0 Å². The summed E-state index contributed by atoms with van der Waals surface area (Å²) in [4.78, 5) is 14.7. The largest absolute Gasteiger partial charge is 0.456 e. The summed E-state index contributed by atoms with van der Waals surface area (Å²) < 4.78 is 6.84. The van der Waals surface area contributed by atoms with Crippen molar-refractivity contribution >= 4 is 296 Å². The first kappa shape index (κ1) is 48.0. The Morgan fingerprint density at radius 2 is 0.543 bits per heavy atom. The summed E-state index contributed by atoms with van der Waals surface area (Å²) in [6.45, 7) is 0. The van der Waals surface area contributed by atoms with Crippen LogP contribution >= 0.6 is 0 Å². The van der Waals surface area contributed by atoms with Crippen molar-refractivity contribution in [2.24, 2.45) is 0 Å². The summed E-state index contributed by atoms with van der Waals surface area (Å²) in [5, 5.41) is 0.887. The van der Waals surface area contributed by atoms with E-state index in [2.05, 4.69) is 0 Å². The monoisotopic (exact) mass is 841 g/mol. The first-order chi connectivity index (χ1) is 33.2. The minimum absolute atomic E-state index is 0.000353. The van der Waals surface area contributed by atoms with Crippen LogP contribution in [-0.2, 0) is 0 Å². The molecule has 0 N–H and O–H groups in total. The van der Waals surface area contributed by atoms with Gasteiger partial charge in [-0.3, -0.25) is 0 Å². The number of fused-ring (bicyclic) bond motifs is 5. The van der Waals surface area contributed by atoms with E-state index >= 15 is 0 Å². The molecule has 4 nitrogen and oxygen atoms in total. The van der Waals surface area contributed by atoms with Crippen LogP contribution in [0.4, 0.5) is 0 Å². The number of nitrogens with zero attached hydrogens (tertiary/aromatic N) is 3. The topological polar surface area (TPSA) is 51.8 Å². The maximum Gasteiger partial charge on any atom is 0.167 e. The van der Waals surface area contributed by atoms with Gasteiger partial charge in [-0.05, 0) is 49.3 Å². The van der Waals surface area contributed by atoms with Crippen LogP contribution in [0.3, 0.4) is 0 Å². The van der Waals surface area contributed by atoms with Gasteiger partial charge in [0.1, 0.15) is 160 Å². The summed E-state index contributed by atoms with van der Waals surface area (Å²) in [7, 11) is 129. The van der Waals surface area contributed by atoms with Gasteiger partial charge in [0.25, 0.3) is 0 Å². The van der Waals surface area contributed by atoms with Crippen molar-refractivity contribution in [3.8, 4) is 56.4 Å². The molecule has 0 saturated heterocycles. The van der Waals surface area contributed by atoms with E-state index in [4.69, 9.17) is 168 Å². The summed E-state index contributed by atoms with van der Waals surface area (Å²) in [5.41, 5.74) is 0.0603. The van der Waals surface area contributed by atoms with Crippen LogP contribution in [0.1, 0.15) is 0 Å². The minimum Gasteiger partial charge on any atom is -0.456 e. The Hall–Kier alpha value is -5.68. The lowest BCUT2D eigenvalue weighted by Crippen LogP contribution is -2.53. The molecule has 10 aromatic rings. The molecule has 38 radical (unpaired) electrons. The first-order valence-electron chi connectivity index (χ1n) is 21.1. The third-order valence-electron chi connectivity index (χ3n) is 13.0. The smallest absolute Gasteiger partial charge is 0.167 e. The van der Waals surface area contributed by atoms with Gasteiger partial charge in [-0.15, -0.1) is 27.3 Å². The molecule has 0 bridgehead atoms. The van der Waals surface area contributed by atoms with Gasteiger partial charge in [0.2, 0.25) is 0 Å². The molecule has 0 aliphatic carbocycles. The molecule has 2 heterocycles. The van der Waals surface area contributed by atoms with Crippen molar-refractivity contribution < 1.29 is 4.42 Å². The molecule has 276 valence electrons. The number of benzene rings is 8. The van der Waals surface area contributed by atoms with Crippen molar-refractivity contribution in [1.29, 1.82) is 0 Å². The zero-order valence-corrected chi connectivity index (χ0v) is 37.0. The summed E-state index contributed by atoms with van der Waals surface area (Å²) >= 11 is 0. The number of aromatic nitrogens is 3. The molecule has 70 heavy (non-hydrogen) atoms. The average Bonchev–Trinajstić information content (AvgIpc) is 3.76. The zero-order valence-electron chi connectivity index (χ0n) is 37.0. The lowest BCUT2D eigenvalue weighted by Gasteiger charge is -2.30. The van der Waals surface area contributed by atoms with E-state index in [0.717, 1.165) is 0 Å². The predicted molar refractivity (Wildman–Crippen MR) is 312 cm³/mol. The number of rotatable bonds is 5. The fraction of sp³-hybridized carbons (Fsp3) is 0. The van der Waals surface area contributed by atoms with Gasteiger partial charge in [0, 0.05) is 21.9 Å². The molecule has 0 aliphatic heterocycles. The quantitative estimate of drug-likeness (QED) is 0.162. The Balaban J connectivity index is 1.40. The highest BCUT2D eigenvalue weighted by molar-refractivity contribution is 6.75. The molecule has 0 fully saturated rings. The third kappa shape index (κ3) is 6.75. The Labute approximate surface area is 430 Å². The van der Waals surface area contributed by atoms with Crippen molar-refractivity contribution in [3.05, 3.63) is 60.7 Å². The van der Waals surface area contributed by atoms with E-state index in [0.29, 0.717) is 22.8 Å². The number of hydrogen-bond donors (Lipinski definition) is 0. The second-order valence-electron chi connectivity index (χ2n) is 16.8. The van der Waals surface area contributed by atoms with Gasteiger partial charge in [-0.25, -0.2) is 15.0 Å². The fourth-order valence-corrected chi connectivity index (χ4v) is 9.39. The minimum atomic E-state index is -0.180. The second kappa shape index (κ2) is 17.3. The van der Waals surface area contributed by atoms with E-state index in [1.165, 1.54) is 0 Å². The van der Waals surface area contributed by atoms with Gasteiger partial charge in [0.05, 0.1) is 5.56 Å². The van der Waals surface area contributed by atoms with E-state index < -0.39 is 0 Å². The predicted octanol–water partition coefficient (Wildman–Crippen LogP) is -10.5. The normalized spacial score (nSPS) is 11.7. The van der Waals surface area contributed by atoms with E-state index in [9.17, 15) is 0 Å². The molecule has 0 saturated carbocycles. The number of furan rings is 1. The van der Waals surface area contributed by atoms with Crippen LogP contribution in [-0.4, -0.2) is 164 Å². The Morgan fingerprint density at radius 1 is 0.229 bits per heavy atom. The van der Waals surface area contributed by atoms with E-state index in [1.807, 2.05) is 60.7 Å². The van der Waals surface area contributed by atoms with Gasteiger partial charge >= 0.3 is 0 Å². The maximum absolute atomic E-state index is 7.27. The molecular formula is C47H10B19N3O. The third-order valence-corrected chi connectivity index (χ3v) is 13.0. The summed E-state index contributed by atoms with van der Waals surface area (Å²) in [5.74, 6) is 0.620. The van der Waals surface area contributed by atoms with Crippen molar-refractivity contribution in [3.63, 3.8) is 0 Å². The summed E-state index contributed by atoms with van der Waals surface area (Å²) in [6, 6.07) is 18.5. The fourth-order valence-electron chi connectivity index (χ4n) is 9.39. The molecule has 0 atom stereocenters. The highest BCUT2D eigenvalue weighted by Gasteiger charge is 2.30. The molecule has 0 aliphatic rings. The van der Waals surface area contributed by atoms with Crippen LogP contribution in [0.2, 0.25) is 0 Å². The summed E-state index contributed by atoms with van der Waals surface area (Å²) in [6.07, 6.45) is 0. The zero-order chi connectivity index (χ0) is 50.3. The first-order valence-corrected chi connectivity index (χ1v) is 21.1. The molecule has 0 spiro atoms. The Morgan fingerprint density at radius 3 is 0.986 bits per heavy atom. The van der Waals surface area contributed by atoms with Gasteiger partial charge in [0.15, 0.2) is 17.5 Å². The molecule has 2 aromatic heterocycles. The highest BCUT2D eigenvalue weighted by atomic mass is 16.3. The van der Waals surface area contributed by atoms with Crippen LogP contribution in [0.5, 0.6) is 0 Å². The standard InChI is InChI=1S/C47H10B19N3O/c48-24-20-21(35(59)42(66)41(65)34(20)58)37(61)44-22(24)16-15(19-30(54)28(52)17(29(53)31(19)55)13-14-18(32(56)38(62)26(13)50)33(57)40(64)39(63)27(14)51)25(49)36(60)23(43(16)70-44)47-68-45(11-7-3-1-4-8-11)67-46(69-47)12-9-5-2-6-10-12/h1-10H.